The second kappa shape index (κ2) is 2.81. The summed E-state index contributed by atoms with van der Waals surface area (Å²) in [5, 5.41) is 18.1. The van der Waals surface area contributed by atoms with Crippen LogP contribution in [0.15, 0.2) is 12.1 Å². The van der Waals surface area contributed by atoms with Gasteiger partial charge in [-0.1, -0.05) is 11.6 Å². The first-order valence-corrected chi connectivity index (χ1v) is 3.42. The molecule has 0 atom stereocenters. The topological polar surface area (TPSA) is 44.0 Å². The second-order valence-corrected chi connectivity index (χ2v) is 2.65. The van der Waals surface area contributed by atoms with Gasteiger partial charge in [0.15, 0.2) is 0 Å². The zero-order valence-corrected chi connectivity index (χ0v) is 6.68. The normalized spacial score (nSPS) is 9.18. The SMILES string of the molecule is Cc1c(O)cc(Cl)cc1C#N. The molecule has 1 aromatic rings. The van der Waals surface area contributed by atoms with Gasteiger partial charge in [-0.15, -0.1) is 0 Å². The van der Waals surface area contributed by atoms with E-state index in [2.05, 4.69) is 0 Å². The molecular formula is C8H6ClNO. The van der Waals surface area contributed by atoms with Gasteiger partial charge in [-0.25, -0.2) is 0 Å². The van der Waals surface area contributed by atoms with Crippen LogP contribution >= 0.6 is 11.6 Å². The quantitative estimate of drug-likeness (QED) is 0.644. The van der Waals surface area contributed by atoms with Crippen molar-refractivity contribution in [1.29, 1.82) is 5.26 Å². The molecule has 2 nitrogen and oxygen atoms in total. The number of benzene rings is 1. The Morgan fingerprint density at radius 3 is 2.73 bits per heavy atom. The van der Waals surface area contributed by atoms with E-state index < -0.39 is 0 Å². The van der Waals surface area contributed by atoms with E-state index in [1.165, 1.54) is 12.1 Å². The third-order valence-electron chi connectivity index (χ3n) is 1.47. The van der Waals surface area contributed by atoms with Crippen LogP contribution in [0.5, 0.6) is 5.75 Å². The van der Waals surface area contributed by atoms with E-state index in [9.17, 15) is 5.11 Å². The highest BCUT2D eigenvalue weighted by atomic mass is 35.5. The molecule has 56 valence electrons. The van der Waals surface area contributed by atoms with Gasteiger partial charge in [0.25, 0.3) is 0 Å². The van der Waals surface area contributed by atoms with Crippen molar-refractivity contribution in [2.75, 3.05) is 0 Å². The lowest BCUT2D eigenvalue weighted by Crippen LogP contribution is -1.82. The number of halogens is 1. The zero-order chi connectivity index (χ0) is 8.43. The zero-order valence-electron chi connectivity index (χ0n) is 5.93. The third kappa shape index (κ3) is 1.44. The molecule has 0 amide bonds. The lowest BCUT2D eigenvalue weighted by molar-refractivity contribution is 0.471. The first-order chi connectivity index (χ1) is 5.15. The molecule has 11 heavy (non-hydrogen) atoms. The fourth-order valence-electron chi connectivity index (χ4n) is 0.781. The Balaban J connectivity index is 3.39. The summed E-state index contributed by atoms with van der Waals surface area (Å²) in [6.45, 7) is 1.67. The van der Waals surface area contributed by atoms with Gasteiger partial charge in [-0.3, -0.25) is 0 Å². The third-order valence-corrected chi connectivity index (χ3v) is 1.68. The van der Waals surface area contributed by atoms with Crippen molar-refractivity contribution in [2.45, 2.75) is 6.92 Å². The van der Waals surface area contributed by atoms with Gasteiger partial charge in [0.2, 0.25) is 0 Å². The summed E-state index contributed by atoms with van der Waals surface area (Å²) in [4.78, 5) is 0. The summed E-state index contributed by atoms with van der Waals surface area (Å²) in [5.74, 6) is 0.0639. The molecule has 0 fully saturated rings. The lowest BCUT2D eigenvalue weighted by atomic mass is 10.1. The number of hydrogen-bond acceptors (Lipinski definition) is 2. The molecule has 0 aliphatic carbocycles. The molecular weight excluding hydrogens is 162 g/mol. The van der Waals surface area contributed by atoms with Crippen molar-refractivity contribution in [1.82, 2.24) is 0 Å². The van der Waals surface area contributed by atoms with Gasteiger partial charge in [0.1, 0.15) is 5.75 Å². The second-order valence-electron chi connectivity index (χ2n) is 2.21. The number of aromatic hydroxyl groups is 1. The van der Waals surface area contributed by atoms with Crippen LogP contribution in [0.2, 0.25) is 5.02 Å². The summed E-state index contributed by atoms with van der Waals surface area (Å²) < 4.78 is 0. The Morgan fingerprint density at radius 2 is 2.18 bits per heavy atom. The average molecular weight is 168 g/mol. The number of hydrogen-bond donors (Lipinski definition) is 1. The first-order valence-electron chi connectivity index (χ1n) is 3.04. The van der Waals surface area contributed by atoms with Crippen molar-refractivity contribution in [3.8, 4) is 11.8 Å². The number of phenolic OH excluding ortho intramolecular Hbond substituents is 1. The first kappa shape index (κ1) is 7.90. The van der Waals surface area contributed by atoms with Crippen LogP contribution in [0.4, 0.5) is 0 Å². The summed E-state index contributed by atoms with van der Waals surface area (Å²) in [6.07, 6.45) is 0. The average Bonchev–Trinajstić information content (AvgIpc) is 1.96. The molecule has 0 aromatic heterocycles. The van der Waals surface area contributed by atoms with Crippen LogP contribution in [0.1, 0.15) is 11.1 Å². The van der Waals surface area contributed by atoms with E-state index in [1.54, 1.807) is 6.92 Å². The molecule has 0 unspecified atom stereocenters. The van der Waals surface area contributed by atoms with Crippen LogP contribution in [0, 0.1) is 18.3 Å². The smallest absolute Gasteiger partial charge is 0.121 e. The van der Waals surface area contributed by atoms with E-state index in [0.717, 1.165) is 0 Å². The van der Waals surface area contributed by atoms with Crippen LogP contribution < -0.4 is 0 Å². The summed E-state index contributed by atoms with van der Waals surface area (Å²) in [7, 11) is 0. The van der Waals surface area contributed by atoms with Crippen molar-refractivity contribution in [3.63, 3.8) is 0 Å². The van der Waals surface area contributed by atoms with Gasteiger partial charge < -0.3 is 5.11 Å². The Morgan fingerprint density at radius 1 is 1.55 bits per heavy atom. The predicted molar refractivity (Wildman–Crippen MR) is 42.6 cm³/mol. The summed E-state index contributed by atoms with van der Waals surface area (Å²) >= 11 is 5.59. The van der Waals surface area contributed by atoms with Crippen LogP contribution in [-0.2, 0) is 0 Å². The number of rotatable bonds is 0. The highest BCUT2D eigenvalue weighted by Crippen LogP contribution is 2.24. The fourth-order valence-corrected chi connectivity index (χ4v) is 0.993. The van der Waals surface area contributed by atoms with Gasteiger partial charge >= 0.3 is 0 Å². The molecule has 1 N–H and O–H groups in total. The predicted octanol–water partition coefficient (Wildman–Crippen LogP) is 2.23. The Bertz CT molecular complexity index is 328. The minimum atomic E-state index is 0.0639. The molecule has 0 saturated heterocycles. The minimum Gasteiger partial charge on any atom is -0.508 e. The van der Waals surface area contributed by atoms with E-state index in [0.29, 0.717) is 16.1 Å². The fraction of sp³-hybridized carbons (Fsp3) is 0.125. The molecule has 0 aliphatic heterocycles. The van der Waals surface area contributed by atoms with Gasteiger partial charge in [0.05, 0.1) is 11.6 Å². The maximum atomic E-state index is 9.18. The molecule has 1 aromatic carbocycles. The van der Waals surface area contributed by atoms with E-state index in [1.807, 2.05) is 6.07 Å². The highest BCUT2D eigenvalue weighted by Gasteiger charge is 2.03. The molecule has 3 heteroatoms. The van der Waals surface area contributed by atoms with E-state index in [-0.39, 0.29) is 5.75 Å². The number of nitrogens with zero attached hydrogens (tertiary/aromatic N) is 1. The van der Waals surface area contributed by atoms with E-state index >= 15 is 0 Å². The Labute approximate surface area is 69.7 Å². The maximum Gasteiger partial charge on any atom is 0.121 e. The molecule has 0 saturated carbocycles. The largest absolute Gasteiger partial charge is 0.508 e. The molecule has 1 rings (SSSR count). The van der Waals surface area contributed by atoms with Crippen molar-refractivity contribution in [3.05, 3.63) is 28.3 Å². The lowest BCUT2D eigenvalue weighted by Gasteiger charge is -2.00. The van der Waals surface area contributed by atoms with E-state index in [4.69, 9.17) is 16.9 Å². The standard InChI is InChI=1S/C8H6ClNO/c1-5-6(4-10)2-7(9)3-8(5)11/h2-3,11H,1H3. The number of nitriles is 1. The molecule has 0 spiro atoms. The monoisotopic (exact) mass is 167 g/mol. The van der Waals surface area contributed by atoms with Crippen molar-refractivity contribution >= 4 is 11.6 Å². The maximum absolute atomic E-state index is 9.18. The molecule has 0 bridgehead atoms. The minimum absolute atomic E-state index is 0.0639. The van der Waals surface area contributed by atoms with Gasteiger partial charge in [0, 0.05) is 10.6 Å². The molecule has 0 radical (unpaired) electrons. The molecule has 0 aliphatic rings. The van der Waals surface area contributed by atoms with Crippen LogP contribution in [0.3, 0.4) is 0 Å². The Hall–Kier alpha value is -1.20. The van der Waals surface area contributed by atoms with Gasteiger partial charge in [-0.2, -0.15) is 5.26 Å². The van der Waals surface area contributed by atoms with Crippen molar-refractivity contribution in [2.24, 2.45) is 0 Å². The summed E-state index contributed by atoms with van der Waals surface area (Å²) in [6, 6.07) is 4.87. The highest BCUT2D eigenvalue weighted by molar-refractivity contribution is 6.30. The van der Waals surface area contributed by atoms with Crippen molar-refractivity contribution < 1.29 is 5.11 Å². The molecule has 0 heterocycles. The van der Waals surface area contributed by atoms with Crippen LogP contribution in [0.25, 0.3) is 0 Å². The summed E-state index contributed by atoms with van der Waals surface area (Å²) in [5.41, 5.74) is 0.979. The van der Waals surface area contributed by atoms with Gasteiger partial charge in [-0.05, 0) is 19.1 Å². The Kier molecular flexibility index (Phi) is 2.02. The number of phenols is 1. The van der Waals surface area contributed by atoms with Crippen LogP contribution in [-0.4, -0.2) is 5.11 Å².